The summed E-state index contributed by atoms with van der Waals surface area (Å²) in [6.07, 6.45) is 0.746. The van der Waals surface area contributed by atoms with Crippen LogP contribution in [-0.2, 0) is 11.2 Å². The topological polar surface area (TPSA) is 47.3 Å². The summed E-state index contributed by atoms with van der Waals surface area (Å²) < 4.78 is 19.3. The Morgan fingerprint density at radius 2 is 2.10 bits per heavy atom. The van der Waals surface area contributed by atoms with E-state index in [4.69, 9.17) is 10.6 Å². The molecule has 3 nitrogen and oxygen atoms in total. The summed E-state index contributed by atoms with van der Waals surface area (Å²) in [6.45, 7) is 2.55. The predicted octanol–water partition coefficient (Wildman–Crippen LogP) is 2.95. The fourth-order valence-electron chi connectivity index (χ4n) is 3.03. The minimum Gasteiger partial charge on any atom is -0.371 e. The molecule has 2 aromatic rings. The molecule has 2 atom stereocenters. The lowest BCUT2D eigenvalue weighted by Crippen LogP contribution is -2.36. The van der Waals surface area contributed by atoms with E-state index < -0.39 is 0 Å². The summed E-state index contributed by atoms with van der Waals surface area (Å²) in [6, 6.07) is 12.8. The Kier molecular flexibility index (Phi) is 4.01. The second kappa shape index (κ2) is 5.93. The molecule has 0 aromatic heterocycles. The molecule has 21 heavy (non-hydrogen) atoms. The van der Waals surface area contributed by atoms with Gasteiger partial charge in [0, 0.05) is 0 Å². The van der Waals surface area contributed by atoms with Gasteiger partial charge in [-0.2, -0.15) is 0 Å². The number of nitrogens with two attached hydrogens (primary N) is 1. The molecule has 0 aliphatic carbocycles. The molecule has 110 valence electrons. The first-order chi connectivity index (χ1) is 10.2. The van der Waals surface area contributed by atoms with E-state index in [9.17, 15) is 4.39 Å². The fourth-order valence-corrected chi connectivity index (χ4v) is 3.03. The van der Waals surface area contributed by atoms with Gasteiger partial charge in [-0.3, -0.25) is 5.84 Å². The standard InChI is InChI=1S/C17H19FN2O/c1-11-10-13(18)6-7-14(11)16(20-19)17-15-5-3-2-4-12(15)8-9-21-17/h2-7,10,16-17,20H,8-9,19H2,1H3. The first-order valence-corrected chi connectivity index (χ1v) is 7.12. The molecular weight excluding hydrogens is 267 g/mol. The van der Waals surface area contributed by atoms with E-state index in [0.717, 1.165) is 23.1 Å². The zero-order valence-electron chi connectivity index (χ0n) is 12.0. The van der Waals surface area contributed by atoms with Crippen molar-refractivity contribution in [3.05, 3.63) is 70.5 Å². The number of ether oxygens (including phenoxy) is 1. The number of fused-ring (bicyclic) bond motifs is 1. The molecule has 1 heterocycles. The molecule has 0 radical (unpaired) electrons. The van der Waals surface area contributed by atoms with E-state index in [1.54, 1.807) is 6.07 Å². The molecule has 3 rings (SSSR count). The van der Waals surface area contributed by atoms with Crippen LogP contribution in [-0.4, -0.2) is 6.61 Å². The molecule has 4 heteroatoms. The van der Waals surface area contributed by atoms with Crippen LogP contribution >= 0.6 is 0 Å². The van der Waals surface area contributed by atoms with E-state index in [1.807, 2.05) is 19.1 Å². The lowest BCUT2D eigenvalue weighted by Gasteiger charge is -2.33. The van der Waals surface area contributed by atoms with Crippen LogP contribution < -0.4 is 11.3 Å². The molecule has 3 N–H and O–H groups in total. The van der Waals surface area contributed by atoms with Gasteiger partial charge in [0.15, 0.2) is 0 Å². The van der Waals surface area contributed by atoms with Gasteiger partial charge >= 0.3 is 0 Å². The predicted molar refractivity (Wildman–Crippen MR) is 80.0 cm³/mol. The molecule has 0 saturated carbocycles. The van der Waals surface area contributed by atoms with Gasteiger partial charge in [0.2, 0.25) is 0 Å². The summed E-state index contributed by atoms with van der Waals surface area (Å²) in [5.74, 6) is 5.54. The number of benzene rings is 2. The van der Waals surface area contributed by atoms with Crippen LogP contribution in [0.25, 0.3) is 0 Å². The molecule has 0 amide bonds. The second-order valence-corrected chi connectivity index (χ2v) is 5.39. The van der Waals surface area contributed by atoms with Crippen LogP contribution in [0.4, 0.5) is 4.39 Å². The SMILES string of the molecule is Cc1cc(F)ccc1C(NN)C1OCCc2ccccc21. The maximum absolute atomic E-state index is 13.3. The second-order valence-electron chi connectivity index (χ2n) is 5.39. The summed E-state index contributed by atoms with van der Waals surface area (Å²) in [4.78, 5) is 0. The largest absolute Gasteiger partial charge is 0.371 e. The number of aryl methyl sites for hydroxylation is 1. The number of halogens is 1. The minimum absolute atomic E-state index is 0.163. The average Bonchev–Trinajstić information content (AvgIpc) is 2.50. The Bertz CT molecular complexity index is 644. The van der Waals surface area contributed by atoms with Gasteiger partial charge in [-0.25, -0.2) is 9.82 Å². The van der Waals surface area contributed by atoms with E-state index in [-0.39, 0.29) is 18.0 Å². The third-order valence-corrected chi connectivity index (χ3v) is 4.08. The normalized spacial score (nSPS) is 19.1. The zero-order chi connectivity index (χ0) is 14.8. The molecule has 1 aliphatic rings. The van der Waals surface area contributed by atoms with Crippen molar-refractivity contribution in [3.8, 4) is 0 Å². The highest BCUT2D eigenvalue weighted by Crippen LogP contribution is 2.37. The molecule has 2 unspecified atom stereocenters. The van der Waals surface area contributed by atoms with Gasteiger partial charge in [0.05, 0.1) is 12.6 Å². The number of hydrogen-bond acceptors (Lipinski definition) is 3. The summed E-state index contributed by atoms with van der Waals surface area (Å²) in [5.41, 5.74) is 7.10. The van der Waals surface area contributed by atoms with Crippen molar-refractivity contribution >= 4 is 0 Å². The zero-order valence-corrected chi connectivity index (χ0v) is 12.0. The van der Waals surface area contributed by atoms with E-state index in [1.165, 1.54) is 17.7 Å². The third-order valence-electron chi connectivity index (χ3n) is 4.08. The van der Waals surface area contributed by atoms with Crippen molar-refractivity contribution in [2.45, 2.75) is 25.5 Å². The van der Waals surface area contributed by atoms with Gasteiger partial charge in [0.25, 0.3) is 0 Å². The maximum atomic E-state index is 13.3. The van der Waals surface area contributed by atoms with Crippen LogP contribution in [0, 0.1) is 12.7 Å². The molecule has 0 bridgehead atoms. The van der Waals surface area contributed by atoms with Crippen LogP contribution in [0.2, 0.25) is 0 Å². The van der Waals surface area contributed by atoms with E-state index >= 15 is 0 Å². The van der Waals surface area contributed by atoms with Crippen molar-refractivity contribution < 1.29 is 9.13 Å². The van der Waals surface area contributed by atoms with Crippen LogP contribution in [0.15, 0.2) is 42.5 Å². The van der Waals surface area contributed by atoms with Crippen molar-refractivity contribution in [2.75, 3.05) is 6.61 Å². The summed E-state index contributed by atoms with van der Waals surface area (Å²) >= 11 is 0. The Morgan fingerprint density at radius 1 is 1.29 bits per heavy atom. The first-order valence-electron chi connectivity index (χ1n) is 7.12. The third kappa shape index (κ3) is 2.70. The molecule has 1 aliphatic heterocycles. The van der Waals surface area contributed by atoms with Gasteiger partial charge in [-0.1, -0.05) is 30.3 Å². The number of nitrogens with one attached hydrogen (secondary N) is 1. The summed E-state index contributed by atoms with van der Waals surface area (Å²) in [7, 11) is 0. The summed E-state index contributed by atoms with van der Waals surface area (Å²) in [5, 5.41) is 0. The Balaban J connectivity index is 2.01. The number of hydrogen-bond donors (Lipinski definition) is 2. The average molecular weight is 286 g/mol. The van der Waals surface area contributed by atoms with Gasteiger partial charge in [0.1, 0.15) is 11.9 Å². The lowest BCUT2D eigenvalue weighted by molar-refractivity contribution is 0.0145. The molecule has 2 aromatic carbocycles. The molecular formula is C17H19FN2O. The highest BCUT2D eigenvalue weighted by atomic mass is 19.1. The molecule has 0 spiro atoms. The van der Waals surface area contributed by atoms with Crippen molar-refractivity contribution in [2.24, 2.45) is 5.84 Å². The quantitative estimate of drug-likeness (QED) is 0.673. The van der Waals surface area contributed by atoms with Gasteiger partial charge in [-0.15, -0.1) is 0 Å². The van der Waals surface area contributed by atoms with Crippen molar-refractivity contribution in [1.29, 1.82) is 0 Å². The Labute approximate surface area is 123 Å². The van der Waals surface area contributed by atoms with Crippen LogP contribution in [0.3, 0.4) is 0 Å². The number of hydrazine groups is 1. The molecule has 0 saturated heterocycles. The highest BCUT2D eigenvalue weighted by Gasteiger charge is 2.30. The van der Waals surface area contributed by atoms with E-state index in [0.29, 0.717) is 6.61 Å². The maximum Gasteiger partial charge on any atom is 0.123 e. The van der Waals surface area contributed by atoms with E-state index in [2.05, 4.69) is 17.6 Å². The van der Waals surface area contributed by atoms with Crippen LogP contribution in [0.1, 0.15) is 34.4 Å². The fraction of sp³-hybridized carbons (Fsp3) is 0.294. The van der Waals surface area contributed by atoms with Gasteiger partial charge in [-0.05, 0) is 47.7 Å². The minimum atomic E-state index is -0.239. The van der Waals surface area contributed by atoms with Gasteiger partial charge < -0.3 is 4.74 Å². The monoisotopic (exact) mass is 286 g/mol. The smallest absolute Gasteiger partial charge is 0.123 e. The Hall–Kier alpha value is -1.75. The van der Waals surface area contributed by atoms with Crippen LogP contribution in [0.5, 0.6) is 0 Å². The number of rotatable bonds is 3. The first kappa shape index (κ1) is 14.2. The van der Waals surface area contributed by atoms with Crippen molar-refractivity contribution in [1.82, 2.24) is 5.43 Å². The Morgan fingerprint density at radius 3 is 2.86 bits per heavy atom. The van der Waals surface area contributed by atoms with Crippen molar-refractivity contribution in [3.63, 3.8) is 0 Å². The molecule has 0 fully saturated rings. The highest BCUT2D eigenvalue weighted by molar-refractivity contribution is 5.37. The lowest BCUT2D eigenvalue weighted by atomic mass is 9.88.